The largest absolute Gasteiger partial charge is 0.444 e. The molecule has 0 fully saturated rings. The Hall–Kier alpha value is -5.03. The van der Waals surface area contributed by atoms with Gasteiger partial charge < -0.3 is 20.3 Å². The van der Waals surface area contributed by atoms with E-state index in [0.29, 0.717) is 17.1 Å². The van der Waals surface area contributed by atoms with Crippen molar-refractivity contribution in [3.63, 3.8) is 0 Å². The molecule has 0 saturated heterocycles. The summed E-state index contributed by atoms with van der Waals surface area (Å²) in [5.41, 5.74) is 2.69. The van der Waals surface area contributed by atoms with Gasteiger partial charge in [-0.05, 0) is 74.4 Å². The van der Waals surface area contributed by atoms with Gasteiger partial charge in [-0.25, -0.2) is 9.18 Å². The Morgan fingerprint density at radius 3 is 2.08 bits per heavy atom. The summed E-state index contributed by atoms with van der Waals surface area (Å²) in [7, 11) is 0. The van der Waals surface area contributed by atoms with E-state index >= 15 is 0 Å². The van der Waals surface area contributed by atoms with Gasteiger partial charge in [0.15, 0.2) is 0 Å². The van der Waals surface area contributed by atoms with E-state index < -0.39 is 47.6 Å². The predicted molar refractivity (Wildman–Crippen MR) is 185 cm³/mol. The second kappa shape index (κ2) is 14.8. The van der Waals surface area contributed by atoms with E-state index in [9.17, 15) is 23.6 Å². The molecule has 1 aliphatic heterocycles. The minimum absolute atomic E-state index is 0.0913. The highest BCUT2D eigenvalue weighted by molar-refractivity contribution is 9.10. The molecule has 0 bridgehead atoms. The Morgan fingerprint density at radius 1 is 0.792 bits per heavy atom. The van der Waals surface area contributed by atoms with Crippen molar-refractivity contribution in [2.75, 3.05) is 9.80 Å². The van der Waals surface area contributed by atoms with E-state index in [1.807, 2.05) is 24.3 Å². The number of hydrogen-bond donors (Lipinski definition) is 2. The van der Waals surface area contributed by atoms with Crippen LogP contribution in [0.5, 0.6) is 0 Å². The highest BCUT2D eigenvalue weighted by Crippen LogP contribution is 2.40. The van der Waals surface area contributed by atoms with Crippen LogP contribution in [0, 0.1) is 11.7 Å². The van der Waals surface area contributed by atoms with Crippen molar-refractivity contribution in [1.82, 2.24) is 10.6 Å². The van der Waals surface area contributed by atoms with Crippen LogP contribution in [0.3, 0.4) is 0 Å². The molecule has 11 heteroatoms. The molecule has 1 aliphatic rings. The maximum Gasteiger partial charge on any atom is 0.407 e. The lowest BCUT2D eigenvalue weighted by atomic mass is 10.0. The number of hydrogen-bond acceptors (Lipinski definition) is 5. The van der Waals surface area contributed by atoms with E-state index in [1.54, 1.807) is 87.5 Å². The zero-order chi connectivity index (χ0) is 34.4. The molecule has 5 rings (SSSR count). The van der Waals surface area contributed by atoms with Crippen LogP contribution >= 0.6 is 15.9 Å². The number of nitrogens with one attached hydrogen (secondary N) is 2. The van der Waals surface area contributed by atoms with Gasteiger partial charge in [0.05, 0.1) is 17.9 Å². The number of carbonyl (C=O) groups is 4. The number of rotatable bonds is 9. The summed E-state index contributed by atoms with van der Waals surface area (Å²) in [5, 5.41) is 5.39. The molecule has 2 N–H and O–H groups in total. The highest BCUT2D eigenvalue weighted by atomic mass is 79.9. The number of fused-ring (bicyclic) bond motifs is 1. The van der Waals surface area contributed by atoms with E-state index in [4.69, 9.17) is 4.74 Å². The number of nitrogens with zero attached hydrogens (tertiary/aromatic N) is 2. The average Bonchev–Trinajstić information content (AvgIpc) is 3.13. The van der Waals surface area contributed by atoms with E-state index in [-0.39, 0.29) is 25.2 Å². The summed E-state index contributed by atoms with van der Waals surface area (Å²) in [6, 6.07) is 27.7. The second-order valence-electron chi connectivity index (χ2n) is 12.4. The zero-order valence-corrected chi connectivity index (χ0v) is 28.4. The van der Waals surface area contributed by atoms with Crippen LogP contribution in [0.2, 0.25) is 0 Å². The number of para-hydroxylation sites is 2. The molecule has 1 heterocycles. The number of ether oxygens (including phenoxy) is 1. The lowest BCUT2D eigenvalue weighted by molar-refractivity contribution is -0.136. The average molecular weight is 716 g/mol. The summed E-state index contributed by atoms with van der Waals surface area (Å²) >= 11 is 3.44. The summed E-state index contributed by atoms with van der Waals surface area (Å²) in [5.74, 6) is -3.51. The van der Waals surface area contributed by atoms with Crippen LogP contribution in [-0.2, 0) is 38.8 Å². The first kappa shape index (κ1) is 34.3. The lowest BCUT2D eigenvalue weighted by Gasteiger charge is -2.26. The monoisotopic (exact) mass is 714 g/mol. The number of amides is 4. The molecule has 1 unspecified atom stereocenters. The molecular weight excluding hydrogens is 679 g/mol. The SMILES string of the molecule is CC(C)(C)OC(=O)NCc1ccc(N2C(=O)C(CC(=O)NCc3ccccc3F)C(=O)N(Cc3ccc(Br)cc3)c3ccccc32)cc1. The zero-order valence-electron chi connectivity index (χ0n) is 26.8. The summed E-state index contributed by atoms with van der Waals surface area (Å²) in [4.78, 5) is 57.1. The third kappa shape index (κ3) is 8.46. The van der Waals surface area contributed by atoms with Crippen LogP contribution < -0.4 is 20.4 Å². The van der Waals surface area contributed by atoms with Crippen molar-refractivity contribution >= 4 is 56.8 Å². The molecule has 48 heavy (non-hydrogen) atoms. The maximum absolute atomic E-state index is 14.4. The van der Waals surface area contributed by atoms with Crippen molar-refractivity contribution < 1.29 is 28.3 Å². The van der Waals surface area contributed by atoms with Crippen LogP contribution in [0.25, 0.3) is 0 Å². The van der Waals surface area contributed by atoms with Crippen LogP contribution in [0.15, 0.2) is 102 Å². The second-order valence-corrected chi connectivity index (χ2v) is 13.3. The number of halogens is 2. The topological polar surface area (TPSA) is 108 Å². The van der Waals surface area contributed by atoms with Crippen molar-refractivity contribution in [3.8, 4) is 0 Å². The van der Waals surface area contributed by atoms with Crippen molar-refractivity contribution in [1.29, 1.82) is 0 Å². The Morgan fingerprint density at radius 2 is 1.42 bits per heavy atom. The first-order chi connectivity index (χ1) is 22.9. The smallest absolute Gasteiger partial charge is 0.407 e. The summed E-state index contributed by atoms with van der Waals surface area (Å²) in [6.07, 6.45) is -0.991. The summed E-state index contributed by atoms with van der Waals surface area (Å²) < 4.78 is 20.4. The van der Waals surface area contributed by atoms with Crippen LogP contribution in [0.1, 0.15) is 43.9 Å². The molecule has 0 aliphatic carbocycles. The fraction of sp³-hybridized carbons (Fsp3) is 0.243. The molecule has 0 radical (unpaired) electrons. The fourth-order valence-electron chi connectivity index (χ4n) is 5.29. The molecular formula is C37H36BrFN4O5. The molecule has 0 aromatic heterocycles. The van der Waals surface area contributed by atoms with Gasteiger partial charge in [-0.1, -0.05) is 70.5 Å². The lowest BCUT2D eigenvalue weighted by Crippen LogP contribution is -2.43. The van der Waals surface area contributed by atoms with Gasteiger partial charge >= 0.3 is 6.09 Å². The Kier molecular flexibility index (Phi) is 10.6. The molecule has 1 atom stereocenters. The van der Waals surface area contributed by atoms with Gasteiger partial charge in [-0.3, -0.25) is 19.3 Å². The quantitative estimate of drug-likeness (QED) is 0.179. The standard InChI is InChI=1S/C37H36BrFN4O5/c1-37(2,3)48-36(47)41-21-24-14-18-28(19-15-24)43-32-11-7-6-10-31(32)42(23-25-12-16-27(38)17-13-25)34(45)29(35(43)46)20-33(44)40-22-26-8-4-5-9-30(26)39/h4-19,29H,20-23H2,1-3H3,(H,40,44)(H,41,47). The Bertz CT molecular complexity index is 1810. The number of anilines is 3. The van der Waals surface area contributed by atoms with Gasteiger partial charge in [0.2, 0.25) is 17.7 Å². The molecule has 4 aromatic rings. The molecule has 4 amide bonds. The normalized spacial score (nSPS) is 14.6. The van der Waals surface area contributed by atoms with Gasteiger partial charge in [0.25, 0.3) is 0 Å². The minimum atomic E-state index is -1.37. The van der Waals surface area contributed by atoms with Crippen LogP contribution in [-0.4, -0.2) is 29.4 Å². The fourth-order valence-corrected chi connectivity index (χ4v) is 5.55. The molecule has 4 aromatic carbocycles. The van der Waals surface area contributed by atoms with E-state index in [1.165, 1.54) is 15.9 Å². The third-order valence-electron chi connectivity index (χ3n) is 7.60. The first-order valence-corrected chi connectivity index (χ1v) is 16.2. The van der Waals surface area contributed by atoms with Crippen molar-refractivity contribution in [3.05, 3.63) is 124 Å². The molecule has 248 valence electrons. The highest BCUT2D eigenvalue weighted by Gasteiger charge is 2.42. The van der Waals surface area contributed by atoms with E-state index in [0.717, 1.165) is 15.6 Å². The minimum Gasteiger partial charge on any atom is -0.444 e. The maximum atomic E-state index is 14.4. The van der Waals surface area contributed by atoms with Gasteiger partial charge in [0.1, 0.15) is 17.3 Å². The Balaban J connectivity index is 1.46. The number of carbonyl (C=O) groups excluding carboxylic acids is 4. The Labute approximate surface area is 287 Å². The van der Waals surface area contributed by atoms with Crippen molar-refractivity contribution in [2.24, 2.45) is 5.92 Å². The predicted octanol–water partition coefficient (Wildman–Crippen LogP) is 7.15. The van der Waals surface area contributed by atoms with Gasteiger partial charge in [-0.15, -0.1) is 0 Å². The summed E-state index contributed by atoms with van der Waals surface area (Å²) in [6.45, 7) is 5.61. The number of benzene rings is 4. The van der Waals surface area contributed by atoms with Crippen molar-refractivity contribution in [2.45, 2.75) is 52.4 Å². The third-order valence-corrected chi connectivity index (χ3v) is 8.13. The number of alkyl carbamates (subject to hydrolysis) is 1. The molecule has 0 spiro atoms. The molecule has 0 saturated carbocycles. The van der Waals surface area contributed by atoms with E-state index in [2.05, 4.69) is 26.6 Å². The molecule has 9 nitrogen and oxygen atoms in total. The van der Waals surface area contributed by atoms with Gasteiger partial charge in [0, 0.05) is 35.2 Å². The van der Waals surface area contributed by atoms with Gasteiger partial charge in [-0.2, -0.15) is 0 Å². The van der Waals surface area contributed by atoms with Crippen LogP contribution in [0.4, 0.5) is 26.2 Å². The first-order valence-electron chi connectivity index (χ1n) is 15.4.